The Morgan fingerprint density at radius 1 is 1.50 bits per heavy atom. The maximum Gasteiger partial charge on any atom is 0.262 e. The molecule has 3 aromatic heterocycles. The molecule has 136 valence electrons. The van der Waals surface area contributed by atoms with Gasteiger partial charge in [-0.25, -0.2) is 4.98 Å². The number of thiophene rings is 1. The van der Waals surface area contributed by atoms with Gasteiger partial charge in [-0.15, -0.1) is 11.3 Å². The molecule has 0 spiro atoms. The highest BCUT2D eigenvalue weighted by atomic mass is 32.1. The maximum absolute atomic E-state index is 13.0. The molecule has 0 aliphatic heterocycles. The van der Waals surface area contributed by atoms with Crippen molar-refractivity contribution in [2.45, 2.75) is 39.3 Å². The van der Waals surface area contributed by atoms with Gasteiger partial charge in [0.1, 0.15) is 17.1 Å². The average Bonchev–Trinajstić information content (AvgIpc) is 3.24. The molecule has 1 amide bonds. The van der Waals surface area contributed by atoms with Gasteiger partial charge in [0, 0.05) is 11.9 Å². The van der Waals surface area contributed by atoms with Gasteiger partial charge in [-0.2, -0.15) is 0 Å². The quantitative estimate of drug-likeness (QED) is 0.707. The van der Waals surface area contributed by atoms with Gasteiger partial charge in [0.15, 0.2) is 0 Å². The molecule has 0 N–H and O–H groups in total. The van der Waals surface area contributed by atoms with E-state index >= 15 is 0 Å². The van der Waals surface area contributed by atoms with E-state index in [4.69, 9.17) is 4.42 Å². The fourth-order valence-corrected chi connectivity index (χ4v) is 4.81. The van der Waals surface area contributed by atoms with E-state index in [9.17, 15) is 9.59 Å². The Balaban J connectivity index is 1.60. The van der Waals surface area contributed by atoms with E-state index in [0.29, 0.717) is 23.6 Å². The van der Waals surface area contributed by atoms with Crippen LogP contribution in [-0.4, -0.2) is 27.4 Å². The lowest BCUT2D eigenvalue weighted by molar-refractivity contribution is -0.131. The summed E-state index contributed by atoms with van der Waals surface area (Å²) in [6, 6.07) is 3.61. The van der Waals surface area contributed by atoms with Crippen LogP contribution in [0.5, 0.6) is 0 Å². The Morgan fingerprint density at radius 3 is 3.12 bits per heavy atom. The summed E-state index contributed by atoms with van der Waals surface area (Å²) < 4.78 is 6.70. The lowest BCUT2D eigenvalue weighted by atomic mass is 9.89. The number of carbonyl (C=O) groups excluding carboxylic acids is 1. The molecule has 0 saturated heterocycles. The fraction of sp³-hybridized carbons (Fsp3) is 0.421. The van der Waals surface area contributed by atoms with Gasteiger partial charge in [0.25, 0.3) is 5.56 Å². The average molecular weight is 371 g/mol. The number of rotatable bonds is 4. The van der Waals surface area contributed by atoms with Crippen molar-refractivity contribution in [3.05, 3.63) is 51.3 Å². The summed E-state index contributed by atoms with van der Waals surface area (Å²) in [5.74, 6) is 1.21. The molecule has 6 nitrogen and oxygen atoms in total. The van der Waals surface area contributed by atoms with Crippen molar-refractivity contribution in [1.82, 2.24) is 14.5 Å². The zero-order chi connectivity index (χ0) is 18.3. The van der Waals surface area contributed by atoms with Crippen molar-refractivity contribution in [1.29, 1.82) is 0 Å². The van der Waals surface area contributed by atoms with Crippen LogP contribution in [0.1, 0.15) is 29.5 Å². The van der Waals surface area contributed by atoms with Crippen molar-refractivity contribution in [2.75, 3.05) is 7.05 Å². The fourth-order valence-electron chi connectivity index (χ4n) is 3.47. The monoisotopic (exact) mass is 371 g/mol. The highest BCUT2D eigenvalue weighted by molar-refractivity contribution is 7.18. The second kappa shape index (κ2) is 6.72. The molecule has 1 atom stereocenters. The number of aryl methyl sites for hydroxylation is 1. The van der Waals surface area contributed by atoms with Crippen molar-refractivity contribution in [2.24, 2.45) is 5.92 Å². The van der Waals surface area contributed by atoms with E-state index in [-0.39, 0.29) is 18.0 Å². The van der Waals surface area contributed by atoms with Gasteiger partial charge >= 0.3 is 0 Å². The smallest absolute Gasteiger partial charge is 0.262 e. The molecule has 0 saturated carbocycles. The largest absolute Gasteiger partial charge is 0.467 e. The molecule has 0 unspecified atom stereocenters. The summed E-state index contributed by atoms with van der Waals surface area (Å²) in [6.07, 6.45) is 6.10. The van der Waals surface area contributed by atoms with E-state index in [1.165, 1.54) is 15.8 Å². The molecule has 0 radical (unpaired) electrons. The van der Waals surface area contributed by atoms with Crippen LogP contribution in [0.25, 0.3) is 10.2 Å². The summed E-state index contributed by atoms with van der Waals surface area (Å²) in [6.45, 7) is 2.61. The number of amides is 1. The Kier molecular flexibility index (Phi) is 4.40. The molecule has 0 aromatic carbocycles. The molecule has 3 aromatic rings. The van der Waals surface area contributed by atoms with Crippen molar-refractivity contribution in [3.8, 4) is 0 Å². The minimum Gasteiger partial charge on any atom is -0.467 e. The number of hydrogen-bond acceptors (Lipinski definition) is 5. The molecule has 1 aliphatic rings. The topological polar surface area (TPSA) is 68.3 Å². The van der Waals surface area contributed by atoms with Crippen LogP contribution in [0.4, 0.5) is 0 Å². The van der Waals surface area contributed by atoms with E-state index in [1.54, 1.807) is 35.6 Å². The molecule has 3 heterocycles. The molecule has 1 aliphatic carbocycles. The third kappa shape index (κ3) is 3.07. The van der Waals surface area contributed by atoms with E-state index in [0.717, 1.165) is 29.7 Å². The normalized spacial score (nSPS) is 16.6. The number of aromatic nitrogens is 2. The van der Waals surface area contributed by atoms with Crippen molar-refractivity contribution >= 4 is 27.5 Å². The van der Waals surface area contributed by atoms with Gasteiger partial charge < -0.3 is 9.32 Å². The zero-order valence-corrected chi connectivity index (χ0v) is 15.7. The highest BCUT2D eigenvalue weighted by Gasteiger charge is 2.23. The zero-order valence-electron chi connectivity index (χ0n) is 14.9. The molecule has 0 bridgehead atoms. The third-order valence-corrected chi connectivity index (χ3v) is 6.15. The lowest BCUT2D eigenvalue weighted by Gasteiger charge is -2.18. The van der Waals surface area contributed by atoms with E-state index in [2.05, 4.69) is 11.9 Å². The Morgan fingerprint density at radius 2 is 2.35 bits per heavy atom. The first kappa shape index (κ1) is 17.0. The van der Waals surface area contributed by atoms with Crippen molar-refractivity contribution in [3.63, 3.8) is 0 Å². The summed E-state index contributed by atoms with van der Waals surface area (Å²) in [5, 5.41) is 0.709. The number of fused-ring (bicyclic) bond motifs is 3. The molecular weight excluding hydrogens is 350 g/mol. The van der Waals surface area contributed by atoms with Crippen LogP contribution < -0.4 is 5.56 Å². The highest BCUT2D eigenvalue weighted by Crippen LogP contribution is 2.35. The molecule has 7 heteroatoms. The molecule has 26 heavy (non-hydrogen) atoms. The second-order valence-corrected chi connectivity index (χ2v) is 8.12. The Labute approximate surface area is 155 Å². The first-order chi connectivity index (χ1) is 12.5. The predicted molar refractivity (Wildman–Crippen MR) is 100 cm³/mol. The van der Waals surface area contributed by atoms with Crippen molar-refractivity contribution < 1.29 is 9.21 Å². The number of carbonyl (C=O) groups is 1. The summed E-state index contributed by atoms with van der Waals surface area (Å²) >= 11 is 1.62. The van der Waals surface area contributed by atoms with Crippen LogP contribution >= 0.6 is 11.3 Å². The first-order valence-corrected chi connectivity index (χ1v) is 9.60. The third-order valence-electron chi connectivity index (χ3n) is 4.99. The van der Waals surface area contributed by atoms with Gasteiger partial charge in [-0.3, -0.25) is 14.2 Å². The van der Waals surface area contributed by atoms with Crippen LogP contribution in [0.15, 0.2) is 33.9 Å². The summed E-state index contributed by atoms with van der Waals surface area (Å²) in [5.41, 5.74) is 1.04. The Hall–Kier alpha value is -2.41. The van der Waals surface area contributed by atoms with Gasteiger partial charge in [0.05, 0.1) is 24.5 Å². The molecule has 4 rings (SSSR count). The van der Waals surface area contributed by atoms with E-state index in [1.807, 2.05) is 6.07 Å². The maximum atomic E-state index is 13.0. The second-order valence-electron chi connectivity index (χ2n) is 7.04. The number of likely N-dealkylation sites (N-methyl/N-ethyl adjacent to an activating group) is 1. The lowest BCUT2D eigenvalue weighted by Crippen LogP contribution is -2.33. The van der Waals surface area contributed by atoms with Crippen LogP contribution in [0.2, 0.25) is 0 Å². The Bertz CT molecular complexity index is 1000. The van der Waals surface area contributed by atoms with Crippen LogP contribution in [0, 0.1) is 5.92 Å². The molecular formula is C19H21N3O3S. The molecule has 0 fully saturated rings. The standard InChI is InChI=1S/C19H21N3O3S/c1-12-5-6-14-15(8-12)26-18-17(14)19(24)22(11-20-18)10-16(23)21(2)9-13-4-3-7-25-13/h3-4,7,11-12H,5-6,8-10H2,1-2H3/t12-/m1/s1. The minimum absolute atomic E-state index is 0.0139. The van der Waals surface area contributed by atoms with E-state index < -0.39 is 0 Å². The SMILES string of the molecule is C[C@@H]1CCc2c(sc3ncn(CC(=O)N(C)Cc4ccco4)c(=O)c23)C1. The summed E-state index contributed by atoms with van der Waals surface area (Å²) in [7, 11) is 1.70. The van der Waals surface area contributed by atoms with Crippen LogP contribution in [0.3, 0.4) is 0 Å². The van der Waals surface area contributed by atoms with Gasteiger partial charge in [-0.1, -0.05) is 6.92 Å². The first-order valence-electron chi connectivity index (χ1n) is 8.79. The minimum atomic E-state index is -0.151. The number of hydrogen-bond donors (Lipinski definition) is 0. The van der Waals surface area contributed by atoms with Gasteiger partial charge in [0.2, 0.25) is 5.91 Å². The predicted octanol–water partition coefficient (Wildman–Crippen LogP) is 2.83. The number of furan rings is 1. The summed E-state index contributed by atoms with van der Waals surface area (Å²) in [4.78, 5) is 33.5. The van der Waals surface area contributed by atoms with Gasteiger partial charge in [-0.05, 0) is 42.9 Å². The van der Waals surface area contributed by atoms with Crippen LogP contribution in [-0.2, 0) is 30.7 Å². The number of nitrogens with zero attached hydrogens (tertiary/aromatic N) is 3.